The summed E-state index contributed by atoms with van der Waals surface area (Å²) < 4.78 is 10.8. The van der Waals surface area contributed by atoms with E-state index in [1.54, 1.807) is 18.2 Å². The molecule has 2 aromatic rings. The van der Waals surface area contributed by atoms with Gasteiger partial charge in [0, 0.05) is 12.1 Å². The van der Waals surface area contributed by atoms with E-state index in [0.29, 0.717) is 6.61 Å². The average Bonchev–Trinajstić information content (AvgIpc) is 2.72. The Labute approximate surface area is 147 Å². The maximum atomic E-state index is 10.9. The highest BCUT2D eigenvalue weighted by Crippen LogP contribution is 2.38. The third kappa shape index (κ3) is 4.00. The first-order valence-corrected chi connectivity index (χ1v) is 8.16. The molecule has 0 aliphatic carbocycles. The summed E-state index contributed by atoms with van der Waals surface area (Å²) in [6.07, 6.45) is 1.73. The van der Waals surface area contributed by atoms with E-state index in [-0.39, 0.29) is 5.75 Å². The molecule has 0 spiro atoms. The van der Waals surface area contributed by atoms with E-state index < -0.39 is 6.16 Å². The van der Waals surface area contributed by atoms with Gasteiger partial charge < -0.3 is 19.5 Å². The number of carboxylic acid groups (broad SMARTS) is 1. The molecule has 3 rings (SSSR count). The molecule has 0 saturated heterocycles. The molecule has 0 fully saturated rings. The van der Waals surface area contributed by atoms with Crippen molar-refractivity contribution in [1.29, 1.82) is 0 Å². The maximum absolute atomic E-state index is 10.9. The molecule has 0 radical (unpaired) electrons. The number of rotatable bonds is 4. The van der Waals surface area contributed by atoms with Gasteiger partial charge in [0.05, 0.1) is 0 Å². The fourth-order valence-corrected chi connectivity index (χ4v) is 2.91. The standard InChI is InChI=1S/C20H21NO4/c1-21(2)11-5-8-17-16-7-4-3-6-14(16)13-24-19-10-9-15(12-18(17)19)25-20(22)23/h3-4,6-10,12H,5,11,13H2,1-2H3,(H,22,23)/b17-8-. The van der Waals surface area contributed by atoms with E-state index in [2.05, 4.69) is 23.1 Å². The smallest absolute Gasteiger partial charge is 0.488 e. The third-order valence-electron chi connectivity index (χ3n) is 4.06. The molecular formula is C20H21NO4. The fourth-order valence-electron chi connectivity index (χ4n) is 2.91. The highest BCUT2D eigenvalue weighted by molar-refractivity contribution is 5.85. The van der Waals surface area contributed by atoms with Crippen LogP contribution in [0.1, 0.15) is 23.1 Å². The monoisotopic (exact) mass is 339 g/mol. The summed E-state index contributed by atoms with van der Waals surface area (Å²) in [6.45, 7) is 1.40. The van der Waals surface area contributed by atoms with E-state index in [9.17, 15) is 4.79 Å². The van der Waals surface area contributed by atoms with Gasteiger partial charge in [-0.1, -0.05) is 30.3 Å². The molecule has 1 heterocycles. The molecule has 0 bridgehead atoms. The van der Waals surface area contributed by atoms with E-state index in [1.807, 2.05) is 26.2 Å². The zero-order chi connectivity index (χ0) is 17.8. The van der Waals surface area contributed by atoms with Crippen LogP contribution in [0.2, 0.25) is 0 Å². The molecule has 1 N–H and O–H groups in total. The molecule has 0 atom stereocenters. The SMILES string of the molecule is CN(C)CC/C=C1/c2ccccc2COc2ccc(OC(=O)O)cc21. The zero-order valence-corrected chi connectivity index (χ0v) is 14.4. The molecule has 0 amide bonds. The second kappa shape index (κ2) is 7.40. The second-order valence-electron chi connectivity index (χ2n) is 6.18. The van der Waals surface area contributed by atoms with Crippen molar-refractivity contribution < 1.29 is 19.4 Å². The van der Waals surface area contributed by atoms with Crippen LogP contribution in [-0.2, 0) is 6.61 Å². The molecule has 5 heteroatoms. The van der Waals surface area contributed by atoms with Crippen molar-refractivity contribution in [1.82, 2.24) is 4.90 Å². The second-order valence-corrected chi connectivity index (χ2v) is 6.18. The van der Waals surface area contributed by atoms with Crippen molar-refractivity contribution in [2.45, 2.75) is 13.0 Å². The first-order chi connectivity index (χ1) is 12.0. The quantitative estimate of drug-likeness (QED) is 0.673. The Morgan fingerprint density at radius 1 is 1.24 bits per heavy atom. The summed E-state index contributed by atoms with van der Waals surface area (Å²) in [5.41, 5.74) is 4.10. The number of benzene rings is 2. The molecule has 2 aromatic carbocycles. The lowest BCUT2D eigenvalue weighted by molar-refractivity contribution is 0.144. The molecule has 25 heavy (non-hydrogen) atoms. The largest absolute Gasteiger partial charge is 0.511 e. The molecule has 5 nitrogen and oxygen atoms in total. The third-order valence-corrected chi connectivity index (χ3v) is 4.06. The average molecular weight is 339 g/mol. The van der Waals surface area contributed by atoms with Gasteiger partial charge in [0.15, 0.2) is 0 Å². The van der Waals surface area contributed by atoms with Crippen molar-refractivity contribution in [3.05, 3.63) is 65.2 Å². The number of hydrogen-bond acceptors (Lipinski definition) is 4. The zero-order valence-electron chi connectivity index (χ0n) is 14.4. The van der Waals surface area contributed by atoms with Crippen LogP contribution < -0.4 is 9.47 Å². The van der Waals surface area contributed by atoms with Crippen LogP contribution in [0.5, 0.6) is 11.5 Å². The normalized spacial score (nSPS) is 14.4. The molecule has 0 saturated carbocycles. The Kier molecular flexibility index (Phi) is 5.05. The van der Waals surface area contributed by atoms with Gasteiger partial charge in [0.1, 0.15) is 18.1 Å². The van der Waals surface area contributed by atoms with Gasteiger partial charge in [0.25, 0.3) is 0 Å². The van der Waals surface area contributed by atoms with Crippen LogP contribution in [0.15, 0.2) is 48.5 Å². The van der Waals surface area contributed by atoms with Crippen molar-refractivity contribution in [2.24, 2.45) is 0 Å². The lowest BCUT2D eigenvalue weighted by Gasteiger charge is -2.13. The number of carbonyl (C=O) groups is 1. The summed E-state index contributed by atoms with van der Waals surface area (Å²) in [5.74, 6) is 1.01. The van der Waals surface area contributed by atoms with E-state index in [0.717, 1.165) is 41.0 Å². The van der Waals surface area contributed by atoms with Crippen molar-refractivity contribution in [3.63, 3.8) is 0 Å². The Bertz CT molecular complexity index is 811. The van der Waals surface area contributed by atoms with E-state index in [4.69, 9.17) is 14.6 Å². The molecule has 130 valence electrons. The number of ether oxygens (including phenoxy) is 2. The maximum Gasteiger partial charge on any atom is 0.511 e. The van der Waals surface area contributed by atoms with Crippen molar-refractivity contribution >= 4 is 11.7 Å². The van der Waals surface area contributed by atoms with E-state index in [1.165, 1.54) is 0 Å². The highest BCUT2D eigenvalue weighted by atomic mass is 16.7. The van der Waals surface area contributed by atoms with Crippen molar-refractivity contribution in [3.8, 4) is 11.5 Å². The van der Waals surface area contributed by atoms with Gasteiger partial charge in [0.2, 0.25) is 0 Å². The summed E-state index contributed by atoms with van der Waals surface area (Å²) >= 11 is 0. The Hall–Kier alpha value is -2.79. The summed E-state index contributed by atoms with van der Waals surface area (Å²) in [4.78, 5) is 13.0. The van der Waals surface area contributed by atoms with E-state index >= 15 is 0 Å². The topological polar surface area (TPSA) is 59.0 Å². The minimum absolute atomic E-state index is 0.285. The van der Waals surface area contributed by atoms with Crippen LogP contribution in [0.4, 0.5) is 4.79 Å². The lowest BCUT2D eigenvalue weighted by Crippen LogP contribution is -2.12. The molecule has 1 aliphatic rings. The van der Waals surface area contributed by atoms with Gasteiger partial charge in [-0.2, -0.15) is 0 Å². The van der Waals surface area contributed by atoms with Crippen LogP contribution >= 0.6 is 0 Å². The van der Waals surface area contributed by atoms with Crippen LogP contribution in [-0.4, -0.2) is 36.8 Å². The first-order valence-electron chi connectivity index (χ1n) is 8.16. The van der Waals surface area contributed by atoms with Crippen LogP contribution in [0, 0.1) is 0 Å². The van der Waals surface area contributed by atoms with Crippen molar-refractivity contribution in [2.75, 3.05) is 20.6 Å². The molecular weight excluding hydrogens is 318 g/mol. The van der Waals surface area contributed by atoms with Gasteiger partial charge in [-0.05, 0) is 55.4 Å². The Morgan fingerprint density at radius 2 is 2.04 bits per heavy atom. The number of fused-ring (bicyclic) bond motifs is 2. The molecule has 0 unspecified atom stereocenters. The van der Waals surface area contributed by atoms with Crippen LogP contribution in [0.25, 0.3) is 5.57 Å². The minimum Gasteiger partial charge on any atom is -0.488 e. The predicted octanol–water partition coefficient (Wildman–Crippen LogP) is 4.02. The highest BCUT2D eigenvalue weighted by Gasteiger charge is 2.20. The first kappa shape index (κ1) is 17.0. The number of hydrogen-bond donors (Lipinski definition) is 1. The van der Waals surface area contributed by atoms with Gasteiger partial charge in [-0.25, -0.2) is 4.79 Å². The molecule has 0 aromatic heterocycles. The Morgan fingerprint density at radius 3 is 2.80 bits per heavy atom. The predicted molar refractivity (Wildman–Crippen MR) is 96.1 cm³/mol. The summed E-state index contributed by atoms with van der Waals surface area (Å²) in [6, 6.07) is 13.2. The van der Waals surface area contributed by atoms with Crippen LogP contribution in [0.3, 0.4) is 0 Å². The number of nitrogens with zero attached hydrogens (tertiary/aromatic N) is 1. The summed E-state index contributed by atoms with van der Waals surface area (Å²) in [5, 5.41) is 8.88. The minimum atomic E-state index is -1.33. The summed E-state index contributed by atoms with van der Waals surface area (Å²) in [7, 11) is 4.07. The Balaban J connectivity index is 2.08. The lowest BCUT2D eigenvalue weighted by atomic mass is 9.93. The fraction of sp³-hybridized carbons (Fsp3) is 0.250. The van der Waals surface area contributed by atoms with Gasteiger partial charge >= 0.3 is 6.16 Å². The van der Waals surface area contributed by atoms with Gasteiger partial charge in [-0.15, -0.1) is 0 Å². The van der Waals surface area contributed by atoms with Gasteiger partial charge in [-0.3, -0.25) is 0 Å². The molecule has 1 aliphatic heterocycles.